The van der Waals surface area contributed by atoms with E-state index in [4.69, 9.17) is 18.9 Å². The Morgan fingerprint density at radius 3 is 2.32 bits per heavy atom. The summed E-state index contributed by atoms with van der Waals surface area (Å²) in [6.45, 7) is 1.82. The van der Waals surface area contributed by atoms with Crippen LogP contribution in [0.15, 0.2) is 48.5 Å². The SMILES string of the molecule is CCOC(Cc1ccc(OCCN(CCOCCCC(F)(F)F)C(=O)Oc2ccccc2F)cc1)C(=O)O. The number of rotatable bonds is 16. The second-order valence-corrected chi connectivity index (χ2v) is 8.10. The molecule has 1 atom stereocenters. The predicted molar refractivity (Wildman–Crippen MR) is 129 cm³/mol. The molecule has 38 heavy (non-hydrogen) atoms. The van der Waals surface area contributed by atoms with E-state index in [0.717, 1.165) is 11.6 Å². The van der Waals surface area contributed by atoms with Gasteiger partial charge in [-0.3, -0.25) is 0 Å². The van der Waals surface area contributed by atoms with Crippen molar-refractivity contribution < 1.29 is 51.2 Å². The fourth-order valence-electron chi connectivity index (χ4n) is 3.26. The molecule has 0 fully saturated rings. The number of hydrogen-bond acceptors (Lipinski definition) is 6. The van der Waals surface area contributed by atoms with Crippen LogP contribution in [0, 0.1) is 5.82 Å². The lowest BCUT2D eigenvalue weighted by atomic mass is 10.1. The Balaban J connectivity index is 1.90. The van der Waals surface area contributed by atoms with Crippen LogP contribution in [0.2, 0.25) is 0 Å². The summed E-state index contributed by atoms with van der Waals surface area (Å²) in [5.74, 6) is -1.59. The summed E-state index contributed by atoms with van der Waals surface area (Å²) >= 11 is 0. The standard InChI is InChI=1S/C26H31F4NO7/c1-2-36-23(24(32)33)18-19-8-10-20(11-9-19)37-17-14-31(13-16-35-15-5-12-26(28,29)30)25(34)38-22-7-4-3-6-21(22)27/h3-4,6-11,23H,2,5,12-18H2,1H3,(H,32,33). The third-order valence-electron chi connectivity index (χ3n) is 5.16. The van der Waals surface area contributed by atoms with Crippen molar-refractivity contribution in [3.05, 3.63) is 59.9 Å². The van der Waals surface area contributed by atoms with Crippen molar-refractivity contribution in [1.29, 1.82) is 0 Å². The minimum Gasteiger partial charge on any atom is -0.492 e. The maximum Gasteiger partial charge on any atom is 0.415 e. The van der Waals surface area contributed by atoms with Gasteiger partial charge < -0.3 is 29.0 Å². The molecule has 0 aliphatic rings. The van der Waals surface area contributed by atoms with Gasteiger partial charge in [-0.1, -0.05) is 24.3 Å². The largest absolute Gasteiger partial charge is 0.492 e. The first-order chi connectivity index (χ1) is 18.1. The number of hydrogen-bond donors (Lipinski definition) is 1. The minimum absolute atomic E-state index is 0.0182. The van der Waals surface area contributed by atoms with Crippen molar-refractivity contribution >= 4 is 12.1 Å². The van der Waals surface area contributed by atoms with Crippen molar-refractivity contribution in [2.75, 3.05) is 39.5 Å². The molecule has 1 N–H and O–H groups in total. The first-order valence-electron chi connectivity index (χ1n) is 12.0. The average Bonchev–Trinajstić information content (AvgIpc) is 2.86. The number of halogens is 4. The van der Waals surface area contributed by atoms with Gasteiger partial charge in [0.15, 0.2) is 17.7 Å². The third kappa shape index (κ3) is 11.8. The molecular formula is C26H31F4NO7. The van der Waals surface area contributed by atoms with Crippen LogP contribution in [0.4, 0.5) is 22.4 Å². The van der Waals surface area contributed by atoms with Gasteiger partial charge in [0.1, 0.15) is 12.4 Å². The molecule has 2 aromatic carbocycles. The molecule has 210 valence electrons. The van der Waals surface area contributed by atoms with Crippen molar-refractivity contribution in [3.63, 3.8) is 0 Å². The van der Waals surface area contributed by atoms with Crippen molar-refractivity contribution in [3.8, 4) is 11.5 Å². The highest BCUT2D eigenvalue weighted by atomic mass is 19.4. The fraction of sp³-hybridized carbons (Fsp3) is 0.462. The molecule has 0 bridgehead atoms. The van der Waals surface area contributed by atoms with Gasteiger partial charge in [-0.15, -0.1) is 0 Å². The van der Waals surface area contributed by atoms with Crippen LogP contribution in [0.5, 0.6) is 11.5 Å². The molecule has 0 radical (unpaired) electrons. The van der Waals surface area contributed by atoms with E-state index in [1.807, 2.05) is 0 Å². The summed E-state index contributed by atoms with van der Waals surface area (Å²) in [5.41, 5.74) is 0.732. The van der Waals surface area contributed by atoms with Gasteiger partial charge in [0, 0.05) is 32.6 Å². The van der Waals surface area contributed by atoms with E-state index >= 15 is 0 Å². The zero-order valence-corrected chi connectivity index (χ0v) is 20.9. The van der Waals surface area contributed by atoms with Crippen LogP contribution in [0.1, 0.15) is 25.3 Å². The van der Waals surface area contributed by atoms with Crippen LogP contribution in [0.25, 0.3) is 0 Å². The number of carbonyl (C=O) groups excluding carboxylic acids is 1. The lowest BCUT2D eigenvalue weighted by Crippen LogP contribution is -2.39. The summed E-state index contributed by atoms with van der Waals surface area (Å²) in [6, 6.07) is 12.1. The molecule has 1 amide bonds. The van der Waals surface area contributed by atoms with Crippen LogP contribution >= 0.6 is 0 Å². The van der Waals surface area contributed by atoms with Gasteiger partial charge in [0.05, 0.1) is 13.2 Å². The maximum atomic E-state index is 13.9. The van der Waals surface area contributed by atoms with E-state index in [2.05, 4.69) is 0 Å². The smallest absolute Gasteiger partial charge is 0.415 e. The maximum absolute atomic E-state index is 13.9. The lowest BCUT2D eigenvalue weighted by molar-refractivity contribution is -0.150. The molecule has 0 heterocycles. The first kappa shape index (κ1) is 30.8. The molecule has 1 unspecified atom stereocenters. The Morgan fingerprint density at radius 1 is 1.00 bits per heavy atom. The van der Waals surface area contributed by atoms with Crippen LogP contribution in [-0.2, 0) is 20.7 Å². The van der Waals surface area contributed by atoms with Gasteiger partial charge in [-0.05, 0) is 43.2 Å². The zero-order valence-electron chi connectivity index (χ0n) is 20.9. The Labute approximate surface area is 218 Å². The minimum atomic E-state index is -4.27. The topological polar surface area (TPSA) is 94.5 Å². The summed E-state index contributed by atoms with van der Waals surface area (Å²) in [6.07, 6.45) is -7.10. The number of carboxylic acids is 1. The highest BCUT2D eigenvalue weighted by molar-refractivity contribution is 5.72. The fourth-order valence-corrected chi connectivity index (χ4v) is 3.26. The van der Waals surface area contributed by atoms with Gasteiger partial charge in [-0.25, -0.2) is 14.0 Å². The second-order valence-electron chi connectivity index (χ2n) is 8.10. The monoisotopic (exact) mass is 545 g/mol. The van der Waals surface area contributed by atoms with E-state index in [0.29, 0.717) is 5.75 Å². The van der Waals surface area contributed by atoms with E-state index in [1.165, 1.54) is 23.1 Å². The van der Waals surface area contributed by atoms with E-state index in [1.54, 1.807) is 31.2 Å². The van der Waals surface area contributed by atoms with Crippen molar-refractivity contribution in [2.45, 2.75) is 38.5 Å². The highest BCUT2D eigenvalue weighted by Crippen LogP contribution is 2.21. The number of carboxylic acid groups (broad SMARTS) is 1. The number of para-hydroxylation sites is 1. The number of carbonyl (C=O) groups is 2. The van der Waals surface area contributed by atoms with E-state index < -0.39 is 36.6 Å². The number of aliphatic carboxylic acids is 1. The Hall–Kier alpha value is -3.38. The molecule has 2 rings (SSSR count). The van der Waals surface area contributed by atoms with Gasteiger partial charge in [0.2, 0.25) is 0 Å². The summed E-state index contributed by atoms with van der Waals surface area (Å²) < 4.78 is 71.9. The Kier molecular flexibility index (Phi) is 12.8. The molecule has 12 heteroatoms. The summed E-state index contributed by atoms with van der Waals surface area (Å²) in [7, 11) is 0. The number of ether oxygens (including phenoxy) is 4. The number of nitrogens with zero attached hydrogens (tertiary/aromatic N) is 1. The molecule has 0 aliphatic carbocycles. The van der Waals surface area contributed by atoms with Crippen molar-refractivity contribution in [2.24, 2.45) is 0 Å². The average molecular weight is 546 g/mol. The molecule has 0 aliphatic heterocycles. The van der Waals surface area contributed by atoms with Gasteiger partial charge in [0.25, 0.3) is 0 Å². The van der Waals surface area contributed by atoms with Gasteiger partial charge in [-0.2, -0.15) is 13.2 Å². The molecule has 0 aromatic heterocycles. The molecule has 2 aromatic rings. The van der Waals surface area contributed by atoms with Gasteiger partial charge >= 0.3 is 18.2 Å². The normalized spacial score (nSPS) is 12.1. The molecule has 0 saturated carbocycles. The van der Waals surface area contributed by atoms with E-state index in [-0.39, 0.29) is 58.1 Å². The summed E-state index contributed by atoms with van der Waals surface area (Å²) in [4.78, 5) is 25.1. The number of benzene rings is 2. The van der Waals surface area contributed by atoms with Crippen LogP contribution in [0.3, 0.4) is 0 Å². The Morgan fingerprint density at radius 2 is 1.68 bits per heavy atom. The quantitative estimate of drug-likeness (QED) is 0.232. The zero-order chi connectivity index (χ0) is 28.0. The van der Waals surface area contributed by atoms with E-state index in [9.17, 15) is 32.3 Å². The molecule has 0 saturated heterocycles. The first-order valence-corrected chi connectivity index (χ1v) is 12.0. The molecular weight excluding hydrogens is 514 g/mol. The third-order valence-corrected chi connectivity index (χ3v) is 5.16. The summed E-state index contributed by atoms with van der Waals surface area (Å²) in [5, 5.41) is 9.21. The Bertz CT molecular complexity index is 1000. The second kappa shape index (κ2) is 15.8. The lowest BCUT2D eigenvalue weighted by Gasteiger charge is -2.22. The number of alkyl halides is 3. The van der Waals surface area contributed by atoms with Crippen LogP contribution in [-0.4, -0.2) is 73.9 Å². The van der Waals surface area contributed by atoms with Crippen LogP contribution < -0.4 is 9.47 Å². The van der Waals surface area contributed by atoms with Crippen molar-refractivity contribution in [1.82, 2.24) is 4.90 Å². The molecule has 0 spiro atoms. The predicted octanol–water partition coefficient (Wildman–Crippen LogP) is 5.10. The number of amides is 1. The molecule has 8 nitrogen and oxygen atoms in total. The highest BCUT2D eigenvalue weighted by Gasteiger charge is 2.26.